The lowest BCUT2D eigenvalue weighted by Crippen LogP contribution is -2.63. The average Bonchev–Trinajstić information content (AvgIpc) is 2.41. The molecule has 1 aliphatic heterocycles. The van der Waals surface area contributed by atoms with Crippen LogP contribution in [-0.2, 0) is 10.5 Å². The molecule has 19 heavy (non-hydrogen) atoms. The van der Waals surface area contributed by atoms with Crippen molar-refractivity contribution in [2.45, 2.75) is 30.2 Å². The third kappa shape index (κ3) is 2.32. The molecule has 1 aromatic carbocycles. The van der Waals surface area contributed by atoms with E-state index in [9.17, 15) is 20.4 Å². The van der Waals surface area contributed by atoms with Crippen molar-refractivity contribution in [1.82, 2.24) is 0 Å². The Bertz CT molecular complexity index is 436. The summed E-state index contributed by atoms with van der Waals surface area (Å²) >= 11 is 0. The first-order valence-electron chi connectivity index (χ1n) is 5.81. The van der Waals surface area contributed by atoms with Crippen molar-refractivity contribution in [2.24, 2.45) is 0 Å². The summed E-state index contributed by atoms with van der Waals surface area (Å²) in [5.74, 6) is -2.22. The van der Waals surface area contributed by atoms with E-state index in [0.717, 1.165) is 0 Å². The van der Waals surface area contributed by atoms with Crippen LogP contribution in [0.5, 0.6) is 0 Å². The van der Waals surface area contributed by atoms with Crippen LogP contribution in [-0.4, -0.2) is 56.6 Å². The summed E-state index contributed by atoms with van der Waals surface area (Å²) in [5.41, 5.74) is 6.14. The molecule has 1 fully saturated rings. The minimum atomic E-state index is -2.22. The Balaban J connectivity index is 2.37. The van der Waals surface area contributed by atoms with Gasteiger partial charge in [-0.05, 0) is 12.1 Å². The third-order valence-electron chi connectivity index (χ3n) is 3.29. The Kier molecular flexibility index (Phi) is 3.77. The number of hydrogen-bond donors (Lipinski definition) is 6. The van der Waals surface area contributed by atoms with Gasteiger partial charge in [-0.25, -0.2) is 0 Å². The van der Waals surface area contributed by atoms with Crippen LogP contribution in [0.2, 0.25) is 0 Å². The monoisotopic (exact) mass is 271 g/mol. The highest BCUT2D eigenvalue weighted by Gasteiger charge is 2.53. The molecule has 1 aliphatic rings. The van der Waals surface area contributed by atoms with Crippen molar-refractivity contribution >= 4 is 5.69 Å². The highest BCUT2D eigenvalue weighted by atomic mass is 16.7. The van der Waals surface area contributed by atoms with E-state index in [2.05, 4.69) is 0 Å². The minimum Gasteiger partial charge on any atom is -0.399 e. The Labute approximate surface area is 109 Å². The molecule has 0 spiro atoms. The number of hydrogen-bond acceptors (Lipinski definition) is 7. The molecule has 0 aliphatic carbocycles. The molecule has 7 N–H and O–H groups in total. The van der Waals surface area contributed by atoms with E-state index in [0.29, 0.717) is 5.69 Å². The van der Waals surface area contributed by atoms with Gasteiger partial charge in [0.1, 0.15) is 24.4 Å². The summed E-state index contributed by atoms with van der Waals surface area (Å²) in [4.78, 5) is 0. The van der Waals surface area contributed by atoms with Gasteiger partial charge >= 0.3 is 0 Å². The second-order valence-corrected chi connectivity index (χ2v) is 4.58. The molecule has 0 bridgehead atoms. The van der Waals surface area contributed by atoms with E-state index in [1.807, 2.05) is 0 Å². The number of ether oxygens (including phenoxy) is 1. The van der Waals surface area contributed by atoms with Crippen LogP contribution in [0.4, 0.5) is 5.69 Å². The zero-order valence-corrected chi connectivity index (χ0v) is 10.0. The summed E-state index contributed by atoms with van der Waals surface area (Å²) in [6.45, 7) is -0.609. The number of nitrogen functional groups attached to an aromatic ring is 1. The molecular formula is C12H17NO6. The molecule has 1 heterocycles. The van der Waals surface area contributed by atoms with Gasteiger partial charge in [0.15, 0.2) is 0 Å². The first kappa shape index (κ1) is 14.2. The quantitative estimate of drug-likeness (QED) is 0.339. The first-order chi connectivity index (χ1) is 8.90. The molecule has 0 unspecified atom stereocenters. The van der Waals surface area contributed by atoms with Crippen molar-refractivity contribution in [1.29, 1.82) is 0 Å². The number of anilines is 1. The zero-order valence-electron chi connectivity index (χ0n) is 10.0. The van der Waals surface area contributed by atoms with Crippen molar-refractivity contribution < 1.29 is 30.3 Å². The van der Waals surface area contributed by atoms with Gasteiger partial charge in [-0.3, -0.25) is 0 Å². The maximum atomic E-state index is 10.4. The maximum absolute atomic E-state index is 10.4. The molecule has 7 heteroatoms. The number of aliphatic hydroxyl groups is 5. The smallest absolute Gasteiger partial charge is 0.222 e. The number of benzene rings is 1. The van der Waals surface area contributed by atoms with Gasteiger partial charge in [-0.1, -0.05) is 12.1 Å². The molecule has 1 aromatic rings. The van der Waals surface area contributed by atoms with Gasteiger partial charge in [-0.15, -0.1) is 0 Å². The Hall–Kier alpha value is -1.22. The van der Waals surface area contributed by atoms with Crippen molar-refractivity contribution in [2.75, 3.05) is 12.3 Å². The largest absolute Gasteiger partial charge is 0.399 e. The van der Waals surface area contributed by atoms with E-state index >= 15 is 0 Å². The Morgan fingerprint density at radius 1 is 1.11 bits per heavy atom. The molecule has 0 aromatic heterocycles. The van der Waals surface area contributed by atoms with Crippen LogP contribution in [0.15, 0.2) is 24.3 Å². The van der Waals surface area contributed by atoms with Crippen LogP contribution in [0.25, 0.3) is 0 Å². The molecular weight excluding hydrogens is 254 g/mol. The molecule has 106 valence electrons. The topological polar surface area (TPSA) is 136 Å². The van der Waals surface area contributed by atoms with E-state index in [1.165, 1.54) is 24.3 Å². The van der Waals surface area contributed by atoms with Crippen molar-refractivity contribution in [3.05, 3.63) is 29.8 Å². The summed E-state index contributed by atoms with van der Waals surface area (Å²) in [6.07, 6.45) is -6.10. The molecule has 7 nitrogen and oxygen atoms in total. The second-order valence-electron chi connectivity index (χ2n) is 4.58. The van der Waals surface area contributed by atoms with E-state index in [1.54, 1.807) is 0 Å². The third-order valence-corrected chi connectivity index (χ3v) is 3.29. The lowest BCUT2D eigenvalue weighted by Gasteiger charge is -2.45. The SMILES string of the molecule is Nc1ccc([C@@]2(O)O[C@H](CO)[C@H](O)[C@H](O)[C@H]2O)cc1. The van der Waals surface area contributed by atoms with E-state index in [4.69, 9.17) is 15.6 Å². The normalized spacial score (nSPS) is 39.2. The van der Waals surface area contributed by atoms with Gasteiger partial charge in [-0.2, -0.15) is 0 Å². The fourth-order valence-electron chi connectivity index (χ4n) is 2.11. The highest BCUT2D eigenvalue weighted by Crippen LogP contribution is 2.36. The average molecular weight is 271 g/mol. The standard InChI is InChI=1S/C12H17NO6/c13-7-3-1-6(2-4-7)12(18)11(17)10(16)9(15)8(5-14)19-12/h1-4,8-11,14-18H,5,13H2/t8-,9+,10+,11-,12-/m1/s1. The van der Waals surface area contributed by atoms with Gasteiger partial charge in [0.05, 0.1) is 6.61 Å². The summed E-state index contributed by atoms with van der Waals surface area (Å²) in [5, 5.41) is 48.7. The summed E-state index contributed by atoms with van der Waals surface area (Å²) in [7, 11) is 0. The van der Waals surface area contributed by atoms with Crippen molar-refractivity contribution in [3.63, 3.8) is 0 Å². The highest BCUT2D eigenvalue weighted by molar-refractivity contribution is 5.41. The first-order valence-corrected chi connectivity index (χ1v) is 5.81. The lowest BCUT2D eigenvalue weighted by molar-refractivity contribution is -0.357. The molecule has 0 radical (unpaired) electrons. The lowest BCUT2D eigenvalue weighted by atomic mass is 9.88. The minimum absolute atomic E-state index is 0.165. The van der Waals surface area contributed by atoms with E-state index in [-0.39, 0.29) is 5.56 Å². The fraction of sp³-hybridized carbons (Fsp3) is 0.500. The Morgan fingerprint density at radius 2 is 1.68 bits per heavy atom. The maximum Gasteiger partial charge on any atom is 0.222 e. The van der Waals surface area contributed by atoms with Crippen LogP contribution in [0, 0.1) is 0 Å². The number of aliphatic hydroxyl groups excluding tert-OH is 4. The van der Waals surface area contributed by atoms with Crippen LogP contribution >= 0.6 is 0 Å². The number of rotatable bonds is 2. The van der Waals surface area contributed by atoms with Gasteiger partial charge in [0, 0.05) is 11.3 Å². The van der Waals surface area contributed by atoms with Crippen LogP contribution in [0.3, 0.4) is 0 Å². The molecule has 1 saturated heterocycles. The van der Waals surface area contributed by atoms with Crippen LogP contribution in [0.1, 0.15) is 5.56 Å². The molecule has 2 rings (SSSR count). The summed E-state index contributed by atoms with van der Waals surface area (Å²) in [6, 6.07) is 5.85. The Morgan fingerprint density at radius 3 is 2.21 bits per heavy atom. The fourth-order valence-corrected chi connectivity index (χ4v) is 2.11. The molecule has 5 atom stereocenters. The zero-order chi connectivity index (χ0) is 14.2. The van der Waals surface area contributed by atoms with Crippen LogP contribution < -0.4 is 5.73 Å². The van der Waals surface area contributed by atoms with Gasteiger partial charge in [0.2, 0.25) is 5.79 Å². The molecule has 0 amide bonds. The van der Waals surface area contributed by atoms with Crippen molar-refractivity contribution in [3.8, 4) is 0 Å². The van der Waals surface area contributed by atoms with E-state index < -0.39 is 36.8 Å². The summed E-state index contributed by atoms with van der Waals surface area (Å²) < 4.78 is 5.15. The predicted octanol–water partition coefficient (Wildman–Crippen LogP) is -2.11. The second kappa shape index (κ2) is 5.04. The molecule has 0 saturated carbocycles. The van der Waals surface area contributed by atoms with Gasteiger partial charge in [0.25, 0.3) is 0 Å². The predicted molar refractivity (Wildman–Crippen MR) is 64.7 cm³/mol. The number of nitrogens with two attached hydrogens (primary N) is 1. The van der Waals surface area contributed by atoms with Gasteiger partial charge < -0.3 is 36.0 Å².